The summed E-state index contributed by atoms with van der Waals surface area (Å²) in [6, 6.07) is 6.23. The van der Waals surface area contributed by atoms with E-state index in [9.17, 15) is 4.79 Å². The predicted molar refractivity (Wildman–Crippen MR) is 89.0 cm³/mol. The first-order valence-corrected chi connectivity index (χ1v) is 8.35. The first-order chi connectivity index (χ1) is 11.7. The van der Waals surface area contributed by atoms with E-state index in [1.165, 1.54) is 0 Å². The molecule has 2 aliphatic rings. The largest absolute Gasteiger partial charge is 0.337 e. The molecule has 4 rings (SSSR count). The van der Waals surface area contributed by atoms with Crippen LogP contribution in [-0.4, -0.2) is 67.5 Å². The summed E-state index contributed by atoms with van der Waals surface area (Å²) in [6.07, 6.45) is 5.58. The Labute approximate surface area is 141 Å². The van der Waals surface area contributed by atoms with Gasteiger partial charge in [-0.3, -0.25) is 9.88 Å². The Morgan fingerprint density at radius 2 is 2.04 bits per heavy atom. The number of aryl methyl sites for hydroxylation is 1. The van der Waals surface area contributed by atoms with Gasteiger partial charge in [-0.15, -0.1) is 0 Å². The van der Waals surface area contributed by atoms with Crippen molar-refractivity contribution in [2.75, 3.05) is 26.2 Å². The molecule has 2 aromatic rings. The molecule has 24 heavy (non-hydrogen) atoms. The number of carbonyl (C=O) groups excluding carboxylic acids is 1. The van der Waals surface area contributed by atoms with E-state index in [2.05, 4.69) is 19.4 Å². The first kappa shape index (κ1) is 15.1. The lowest BCUT2D eigenvalue weighted by Crippen LogP contribution is -2.51. The van der Waals surface area contributed by atoms with Crippen LogP contribution in [0.25, 0.3) is 0 Å². The number of piperazine rings is 1. The van der Waals surface area contributed by atoms with Gasteiger partial charge in [-0.05, 0) is 12.1 Å². The smallest absolute Gasteiger partial charge is 0.320 e. The molecule has 0 saturated carbocycles. The van der Waals surface area contributed by atoms with Crippen molar-refractivity contribution >= 4 is 6.03 Å². The van der Waals surface area contributed by atoms with Crippen LogP contribution in [0.15, 0.2) is 36.8 Å². The maximum absolute atomic E-state index is 12.6. The molecule has 4 heterocycles. The second kappa shape index (κ2) is 6.24. The quantitative estimate of drug-likeness (QED) is 0.839. The van der Waals surface area contributed by atoms with Gasteiger partial charge < -0.3 is 14.4 Å². The molecule has 0 radical (unpaired) electrons. The van der Waals surface area contributed by atoms with Crippen LogP contribution >= 0.6 is 0 Å². The Kier molecular flexibility index (Phi) is 3.93. The third kappa shape index (κ3) is 2.87. The fourth-order valence-electron chi connectivity index (χ4n) is 3.55. The minimum atomic E-state index is 0.141. The standard InChI is InChI=1S/C17H22N6O/c1-20-7-6-19-16(20)13-21-8-9-23-15(11-21)12-22(17(23)24)10-14-4-2-3-5-18-14/h2-7,15H,8-13H2,1H3/t15-/m1/s1. The summed E-state index contributed by atoms with van der Waals surface area (Å²) < 4.78 is 2.06. The lowest BCUT2D eigenvalue weighted by Gasteiger charge is -2.36. The molecule has 0 N–H and O–H groups in total. The topological polar surface area (TPSA) is 57.5 Å². The van der Waals surface area contributed by atoms with Gasteiger partial charge in [0.25, 0.3) is 0 Å². The lowest BCUT2D eigenvalue weighted by atomic mass is 10.2. The number of rotatable bonds is 4. The molecule has 2 amide bonds. The molecule has 2 aromatic heterocycles. The molecule has 0 spiro atoms. The number of hydrogen-bond donors (Lipinski definition) is 0. The molecular weight excluding hydrogens is 304 g/mol. The van der Waals surface area contributed by atoms with E-state index in [1.807, 2.05) is 47.4 Å². The molecule has 126 valence electrons. The first-order valence-electron chi connectivity index (χ1n) is 8.35. The minimum absolute atomic E-state index is 0.141. The fraction of sp³-hybridized carbons (Fsp3) is 0.471. The average molecular weight is 326 g/mol. The van der Waals surface area contributed by atoms with Crippen LogP contribution in [0.1, 0.15) is 11.5 Å². The Morgan fingerprint density at radius 3 is 2.79 bits per heavy atom. The van der Waals surface area contributed by atoms with Gasteiger partial charge in [0.2, 0.25) is 0 Å². The number of fused-ring (bicyclic) bond motifs is 1. The Morgan fingerprint density at radius 1 is 1.12 bits per heavy atom. The van der Waals surface area contributed by atoms with Crippen molar-refractivity contribution in [2.45, 2.75) is 19.1 Å². The van der Waals surface area contributed by atoms with E-state index in [0.29, 0.717) is 6.54 Å². The number of imidazole rings is 1. The monoisotopic (exact) mass is 326 g/mol. The maximum Gasteiger partial charge on any atom is 0.320 e. The number of carbonyl (C=O) groups is 1. The number of amides is 2. The van der Waals surface area contributed by atoms with E-state index >= 15 is 0 Å². The predicted octanol–water partition coefficient (Wildman–Crippen LogP) is 0.937. The average Bonchev–Trinajstić information content (AvgIpc) is 3.13. The highest BCUT2D eigenvalue weighted by molar-refractivity contribution is 5.77. The molecular formula is C17H22N6O. The summed E-state index contributed by atoms with van der Waals surface area (Å²) in [6.45, 7) is 4.78. The van der Waals surface area contributed by atoms with Crippen molar-refractivity contribution in [1.29, 1.82) is 0 Å². The van der Waals surface area contributed by atoms with Gasteiger partial charge in [-0.2, -0.15) is 0 Å². The molecule has 2 aliphatic heterocycles. The summed E-state index contributed by atoms with van der Waals surface area (Å²) in [5, 5.41) is 0. The van der Waals surface area contributed by atoms with Crippen LogP contribution < -0.4 is 0 Å². The zero-order valence-electron chi connectivity index (χ0n) is 13.9. The summed E-state index contributed by atoms with van der Waals surface area (Å²) >= 11 is 0. The zero-order valence-corrected chi connectivity index (χ0v) is 13.9. The molecule has 0 aliphatic carbocycles. The second-order valence-corrected chi connectivity index (χ2v) is 6.52. The highest BCUT2D eigenvalue weighted by Crippen LogP contribution is 2.22. The van der Waals surface area contributed by atoms with Crippen molar-refractivity contribution in [3.63, 3.8) is 0 Å². The third-order valence-electron chi connectivity index (χ3n) is 4.88. The van der Waals surface area contributed by atoms with Gasteiger partial charge in [0, 0.05) is 51.8 Å². The minimum Gasteiger partial charge on any atom is -0.337 e. The summed E-state index contributed by atoms with van der Waals surface area (Å²) in [4.78, 5) is 27.7. The van der Waals surface area contributed by atoms with E-state index in [-0.39, 0.29) is 12.1 Å². The van der Waals surface area contributed by atoms with Crippen molar-refractivity contribution in [3.05, 3.63) is 48.3 Å². The van der Waals surface area contributed by atoms with Crippen LogP contribution in [0.5, 0.6) is 0 Å². The highest BCUT2D eigenvalue weighted by Gasteiger charge is 2.40. The van der Waals surface area contributed by atoms with Gasteiger partial charge in [-0.1, -0.05) is 6.07 Å². The molecule has 7 heteroatoms. The second-order valence-electron chi connectivity index (χ2n) is 6.52. The SMILES string of the molecule is Cn1ccnc1CN1CCN2C(=O)N(Cc3ccccn3)C[C@H]2C1. The number of pyridine rings is 1. The number of hydrogen-bond acceptors (Lipinski definition) is 4. The van der Waals surface area contributed by atoms with E-state index < -0.39 is 0 Å². The molecule has 0 unspecified atom stereocenters. The van der Waals surface area contributed by atoms with E-state index in [1.54, 1.807) is 6.20 Å². The summed E-state index contributed by atoms with van der Waals surface area (Å²) in [7, 11) is 2.02. The van der Waals surface area contributed by atoms with Crippen molar-refractivity contribution in [2.24, 2.45) is 7.05 Å². The fourth-order valence-corrected chi connectivity index (χ4v) is 3.55. The number of nitrogens with zero attached hydrogens (tertiary/aromatic N) is 6. The molecule has 1 atom stereocenters. The van der Waals surface area contributed by atoms with E-state index in [4.69, 9.17) is 0 Å². The number of aromatic nitrogens is 3. The van der Waals surface area contributed by atoms with Crippen molar-refractivity contribution in [3.8, 4) is 0 Å². The summed E-state index contributed by atoms with van der Waals surface area (Å²) in [5.74, 6) is 1.07. The molecule has 2 fully saturated rings. The summed E-state index contributed by atoms with van der Waals surface area (Å²) in [5.41, 5.74) is 0.940. The molecule has 0 aromatic carbocycles. The van der Waals surface area contributed by atoms with Crippen molar-refractivity contribution < 1.29 is 4.79 Å². The lowest BCUT2D eigenvalue weighted by molar-refractivity contribution is 0.114. The molecule has 2 saturated heterocycles. The van der Waals surface area contributed by atoms with Crippen LogP contribution in [0.2, 0.25) is 0 Å². The molecule has 0 bridgehead atoms. The van der Waals surface area contributed by atoms with Crippen molar-refractivity contribution in [1.82, 2.24) is 29.2 Å². The Hall–Kier alpha value is -2.41. The van der Waals surface area contributed by atoms with Gasteiger partial charge in [-0.25, -0.2) is 9.78 Å². The highest BCUT2D eigenvalue weighted by atomic mass is 16.2. The van der Waals surface area contributed by atoms with Crippen LogP contribution in [-0.2, 0) is 20.1 Å². The Balaban J connectivity index is 1.40. The van der Waals surface area contributed by atoms with Gasteiger partial charge >= 0.3 is 6.03 Å². The maximum atomic E-state index is 12.6. The number of urea groups is 1. The van der Waals surface area contributed by atoms with Crippen LogP contribution in [0, 0.1) is 0 Å². The van der Waals surface area contributed by atoms with Gasteiger partial charge in [0.1, 0.15) is 5.82 Å². The third-order valence-corrected chi connectivity index (χ3v) is 4.88. The molecule has 7 nitrogen and oxygen atoms in total. The van der Waals surface area contributed by atoms with E-state index in [0.717, 1.165) is 44.2 Å². The zero-order chi connectivity index (χ0) is 16.5. The van der Waals surface area contributed by atoms with Gasteiger partial charge in [0.15, 0.2) is 0 Å². The van der Waals surface area contributed by atoms with Crippen LogP contribution in [0.3, 0.4) is 0 Å². The Bertz CT molecular complexity index is 715. The van der Waals surface area contributed by atoms with Crippen LogP contribution in [0.4, 0.5) is 4.79 Å². The van der Waals surface area contributed by atoms with Gasteiger partial charge in [0.05, 0.1) is 24.8 Å². The normalized spacial score (nSPS) is 21.4.